The van der Waals surface area contributed by atoms with E-state index < -0.39 is 0 Å². The van der Waals surface area contributed by atoms with Crippen LogP contribution >= 0.6 is 11.3 Å². The van der Waals surface area contributed by atoms with E-state index in [-0.39, 0.29) is 5.75 Å². The first-order valence-corrected chi connectivity index (χ1v) is 13.5. The van der Waals surface area contributed by atoms with Crippen LogP contribution in [0.25, 0.3) is 16.9 Å². The summed E-state index contributed by atoms with van der Waals surface area (Å²) in [5.74, 6) is 1.80. The third kappa shape index (κ3) is 4.88. The van der Waals surface area contributed by atoms with E-state index in [9.17, 15) is 5.11 Å². The largest absolute Gasteiger partial charge is 0.508 e. The number of hydrogen-bond acceptors (Lipinski definition) is 9. The Morgan fingerprint density at radius 2 is 1.83 bits per heavy atom. The molecule has 0 spiro atoms. The van der Waals surface area contributed by atoms with Crippen LogP contribution in [0.5, 0.6) is 5.75 Å². The quantitative estimate of drug-likeness (QED) is 0.394. The van der Waals surface area contributed by atoms with Crippen molar-refractivity contribution in [3.05, 3.63) is 53.0 Å². The van der Waals surface area contributed by atoms with Gasteiger partial charge in [0.1, 0.15) is 12.1 Å². The number of nitrogens with zero attached hydrogens (tertiary/aromatic N) is 6. The number of aromatic hydroxyl groups is 1. The lowest BCUT2D eigenvalue weighted by molar-refractivity contribution is 0.0114. The molecule has 6 rings (SSSR count). The van der Waals surface area contributed by atoms with E-state index in [0.717, 1.165) is 92.8 Å². The third-order valence-electron chi connectivity index (χ3n) is 7.12. The molecule has 4 aromatic rings. The third-order valence-corrected chi connectivity index (χ3v) is 7.79. The zero-order valence-electron chi connectivity index (χ0n) is 20.2. The van der Waals surface area contributed by atoms with Gasteiger partial charge in [-0.15, -0.1) is 0 Å². The number of fused-ring (bicyclic) bond motifs is 1. The van der Waals surface area contributed by atoms with E-state index in [4.69, 9.17) is 14.7 Å². The SMILES string of the molecule is Oc1ccc(CCNc2nc(N3CCC(N4CCOCC4)CC3)nc3c2ncn3-c2ccsc2)cc1. The smallest absolute Gasteiger partial charge is 0.229 e. The number of anilines is 2. The van der Waals surface area contributed by atoms with Crippen LogP contribution in [0.3, 0.4) is 0 Å². The zero-order chi connectivity index (χ0) is 24.3. The summed E-state index contributed by atoms with van der Waals surface area (Å²) in [6.07, 6.45) is 4.86. The van der Waals surface area contributed by atoms with Crippen LogP contribution in [0.2, 0.25) is 0 Å². The molecule has 36 heavy (non-hydrogen) atoms. The summed E-state index contributed by atoms with van der Waals surface area (Å²) >= 11 is 1.66. The van der Waals surface area contributed by atoms with E-state index in [1.165, 1.54) is 0 Å². The number of morpholine rings is 1. The van der Waals surface area contributed by atoms with E-state index >= 15 is 0 Å². The normalized spacial score (nSPS) is 17.6. The molecular weight excluding hydrogens is 474 g/mol. The van der Waals surface area contributed by atoms with Crippen LogP contribution in [0.4, 0.5) is 11.8 Å². The number of phenolic OH excluding ortho intramolecular Hbond substituents is 1. The molecule has 10 heteroatoms. The molecule has 0 aliphatic carbocycles. The number of benzene rings is 1. The molecule has 3 aromatic heterocycles. The van der Waals surface area contributed by atoms with Gasteiger partial charge in [-0.3, -0.25) is 9.47 Å². The Hall–Kier alpha value is -3.21. The van der Waals surface area contributed by atoms with Crippen molar-refractivity contribution in [2.45, 2.75) is 25.3 Å². The zero-order valence-corrected chi connectivity index (χ0v) is 21.0. The molecule has 2 saturated heterocycles. The van der Waals surface area contributed by atoms with Crippen molar-refractivity contribution in [3.8, 4) is 11.4 Å². The molecule has 0 bridgehead atoms. The summed E-state index contributed by atoms with van der Waals surface area (Å²) < 4.78 is 7.58. The fourth-order valence-corrected chi connectivity index (χ4v) is 5.73. The van der Waals surface area contributed by atoms with Crippen molar-refractivity contribution in [1.82, 2.24) is 24.4 Å². The molecule has 188 valence electrons. The van der Waals surface area contributed by atoms with E-state index in [0.29, 0.717) is 12.6 Å². The van der Waals surface area contributed by atoms with Crippen LogP contribution in [0, 0.1) is 0 Å². The first-order valence-electron chi connectivity index (χ1n) is 12.6. The second kappa shape index (κ2) is 10.4. The molecule has 9 nitrogen and oxygen atoms in total. The van der Waals surface area contributed by atoms with Crippen molar-refractivity contribution < 1.29 is 9.84 Å². The molecule has 0 radical (unpaired) electrons. The van der Waals surface area contributed by atoms with Gasteiger partial charge in [0, 0.05) is 44.1 Å². The average molecular weight is 506 g/mol. The summed E-state index contributed by atoms with van der Waals surface area (Å²) in [6, 6.07) is 10.0. The maximum absolute atomic E-state index is 9.55. The molecule has 0 saturated carbocycles. The maximum Gasteiger partial charge on any atom is 0.229 e. The summed E-state index contributed by atoms with van der Waals surface area (Å²) in [5.41, 5.74) is 3.81. The van der Waals surface area contributed by atoms with Crippen molar-refractivity contribution >= 4 is 34.3 Å². The van der Waals surface area contributed by atoms with Crippen molar-refractivity contribution in [2.75, 3.05) is 56.2 Å². The summed E-state index contributed by atoms with van der Waals surface area (Å²) in [7, 11) is 0. The Kier molecular flexibility index (Phi) is 6.71. The standard InChI is InChI=1S/C26H31N7O2S/c34-22-3-1-19(2-4-22)5-9-27-24-23-25(33(18-28-23)21-8-16-36-17-21)30-26(29-24)32-10-6-20(7-11-32)31-12-14-35-15-13-31/h1-4,8,16-18,20,34H,5-7,9-15H2,(H,27,29,30). The second-order valence-corrected chi connectivity index (χ2v) is 10.1. The number of rotatable bonds is 7. The molecule has 0 amide bonds. The van der Waals surface area contributed by atoms with E-state index in [1.54, 1.807) is 23.5 Å². The minimum Gasteiger partial charge on any atom is -0.508 e. The van der Waals surface area contributed by atoms with Crippen molar-refractivity contribution in [3.63, 3.8) is 0 Å². The van der Waals surface area contributed by atoms with Crippen molar-refractivity contribution in [1.29, 1.82) is 0 Å². The summed E-state index contributed by atoms with van der Waals surface area (Å²) in [4.78, 5) is 19.5. The molecule has 1 aromatic carbocycles. The summed E-state index contributed by atoms with van der Waals surface area (Å²) in [6.45, 7) is 6.32. The number of imidazole rings is 1. The van der Waals surface area contributed by atoms with Gasteiger partial charge >= 0.3 is 0 Å². The molecule has 5 heterocycles. The number of thiophene rings is 1. The van der Waals surface area contributed by atoms with Crippen LogP contribution in [0.1, 0.15) is 18.4 Å². The van der Waals surface area contributed by atoms with Crippen LogP contribution < -0.4 is 10.2 Å². The van der Waals surface area contributed by atoms with Crippen LogP contribution in [-0.4, -0.2) is 81.5 Å². The van der Waals surface area contributed by atoms with Gasteiger partial charge in [-0.1, -0.05) is 12.1 Å². The molecule has 0 atom stereocenters. The Balaban J connectivity index is 1.24. The monoisotopic (exact) mass is 505 g/mol. The van der Waals surface area contributed by atoms with Crippen LogP contribution in [0.15, 0.2) is 47.4 Å². The van der Waals surface area contributed by atoms with Gasteiger partial charge in [0.05, 0.1) is 18.9 Å². The van der Waals surface area contributed by atoms with Gasteiger partial charge in [-0.25, -0.2) is 4.98 Å². The number of piperidine rings is 1. The Bertz CT molecular complexity index is 1280. The fraction of sp³-hybridized carbons (Fsp3) is 0.423. The molecule has 2 aliphatic heterocycles. The first-order chi connectivity index (χ1) is 17.7. The predicted octanol–water partition coefficient (Wildman–Crippen LogP) is 3.54. The molecule has 0 unspecified atom stereocenters. The summed E-state index contributed by atoms with van der Waals surface area (Å²) in [5, 5.41) is 17.2. The predicted molar refractivity (Wildman–Crippen MR) is 142 cm³/mol. The number of ether oxygens (including phenoxy) is 1. The van der Waals surface area contributed by atoms with Gasteiger partial charge < -0.3 is 20.1 Å². The molecular formula is C26H31N7O2S. The first kappa shape index (κ1) is 23.2. The Morgan fingerprint density at radius 1 is 1.03 bits per heavy atom. The lowest BCUT2D eigenvalue weighted by Gasteiger charge is -2.40. The average Bonchev–Trinajstić information content (AvgIpc) is 3.60. The van der Waals surface area contributed by atoms with Gasteiger partial charge in [0.25, 0.3) is 0 Å². The topological polar surface area (TPSA) is 91.6 Å². The van der Waals surface area contributed by atoms with E-state index in [2.05, 4.69) is 36.9 Å². The lowest BCUT2D eigenvalue weighted by Crippen LogP contribution is -2.49. The number of aromatic nitrogens is 4. The molecule has 2 aliphatic rings. The fourth-order valence-electron chi connectivity index (χ4n) is 5.10. The maximum atomic E-state index is 9.55. The van der Waals surface area contributed by atoms with Crippen LogP contribution in [-0.2, 0) is 11.2 Å². The van der Waals surface area contributed by atoms with Gasteiger partial charge in [-0.2, -0.15) is 21.3 Å². The molecule has 2 fully saturated rings. The van der Waals surface area contributed by atoms with E-state index in [1.807, 2.05) is 23.0 Å². The molecule has 2 N–H and O–H groups in total. The van der Waals surface area contributed by atoms with Gasteiger partial charge in [0.2, 0.25) is 5.95 Å². The number of hydrogen-bond donors (Lipinski definition) is 2. The van der Waals surface area contributed by atoms with Gasteiger partial charge in [-0.05, 0) is 48.4 Å². The number of nitrogens with one attached hydrogen (secondary N) is 1. The Labute approximate surface area is 214 Å². The van der Waals surface area contributed by atoms with Crippen molar-refractivity contribution in [2.24, 2.45) is 0 Å². The highest BCUT2D eigenvalue weighted by Gasteiger charge is 2.28. The minimum absolute atomic E-state index is 0.283. The highest BCUT2D eigenvalue weighted by atomic mass is 32.1. The second-order valence-electron chi connectivity index (χ2n) is 9.35. The minimum atomic E-state index is 0.283. The highest BCUT2D eigenvalue weighted by molar-refractivity contribution is 7.08. The number of phenols is 1. The lowest BCUT2D eigenvalue weighted by atomic mass is 10.0. The highest BCUT2D eigenvalue weighted by Crippen LogP contribution is 2.28. The Morgan fingerprint density at radius 3 is 2.58 bits per heavy atom. The van der Waals surface area contributed by atoms with Gasteiger partial charge in [0.15, 0.2) is 17.0 Å².